The second kappa shape index (κ2) is 9.11. The van der Waals surface area contributed by atoms with Crippen LogP contribution < -0.4 is 4.74 Å². The average molecular weight is 346 g/mol. The fourth-order valence-electron chi connectivity index (χ4n) is 2.56. The first-order valence-electron chi connectivity index (χ1n) is 8.65. The maximum atomic E-state index is 12.3. The van der Waals surface area contributed by atoms with Crippen molar-refractivity contribution in [3.63, 3.8) is 0 Å². The zero-order valence-corrected chi connectivity index (χ0v) is 15.1. The van der Waals surface area contributed by atoms with Crippen molar-refractivity contribution in [2.75, 3.05) is 32.8 Å². The van der Waals surface area contributed by atoms with Gasteiger partial charge in [0.25, 0.3) is 0 Å². The van der Waals surface area contributed by atoms with E-state index in [2.05, 4.69) is 0 Å². The smallest absolute Gasteiger partial charge is 0.409 e. The molecule has 1 aromatic carbocycles. The number of carbonyl (C=O) groups excluding carboxylic acids is 2. The monoisotopic (exact) mass is 346 g/mol. The first kappa shape index (κ1) is 18.8. The van der Waals surface area contributed by atoms with Gasteiger partial charge in [-0.15, -0.1) is 0 Å². The molecule has 0 unspecified atom stereocenters. The lowest BCUT2D eigenvalue weighted by Crippen LogP contribution is -2.50. The van der Waals surface area contributed by atoms with Crippen molar-refractivity contribution in [2.45, 2.75) is 26.9 Å². The Morgan fingerprint density at radius 1 is 1.16 bits per heavy atom. The Labute approximate surface area is 149 Å². The van der Waals surface area contributed by atoms with Crippen molar-refractivity contribution in [1.82, 2.24) is 9.80 Å². The molecule has 0 saturated carbocycles. The molecule has 0 aromatic heterocycles. The SMILES string of the molecule is CCOC(=O)N1CCN(C(=O)/C=C/c2cccc(OC(C)C)c2)CC1. The molecule has 1 fully saturated rings. The van der Waals surface area contributed by atoms with Crippen molar-refractivity contribution in [1.29, 1.82) is 0 Å². The van der Waals surface area contributed by atoms with Crippen LogP contribution in [0.5, 0.6) is 5.75 Å². The summed E-state index contributed by atoms with van der Waals surface area (Å²) in [4.78, 5) is 27.3. The quantitative estimate of drug-likeness (QED) is 0.769. The summed E-state index contributed by atoms with van der Waals surface area (Å²) in [5.74, 6) is 0.728. The predicted molar refractivity (Wildman–Crippen MR) is 96.4 cm³/mol. The minimum absolute atomic E-state index is 0.0568. The summed E-state index contributed by atoms with van der Waals surface area (Å²) in [6, 6.07) is 7.63. The van der Waals surface area contributed by atoms with Gasteiger partial charge in [0, 0.05) is 32.3 Å². The Morgan fingerprint density at radius 3 is 2.48 bits per heavy atom. The van der Waals surface area contributed by atoms with Crippen molar-refractivity contribution in [2.24, 2.45) is 0 Å². The van der Waals surface area contributed by atoms with Crippen LogP contribution in [0.25, 0.3) is 6.08 Å². The van der Waals surface area contributed by atoms with Crippen LogP contribution in [0.1, 0.15) is 26.3 Å². The number of carbonyl (C=O) groups is 2. The van der Waals surface area contributed by atoms with E-state index in [0.717, 1.165) is 11.3 Å². The molecular formula is C19H26N2O4. The summed E-state index contributed by atoms with van der Waals surface area (Å²) >= 11 is 0. The predicted octanol–water partition coefficient (Wildman–Crippen LogP) is 2.79. The summed E-state index contributed by atoms with van der Waals surface area (Å²) in [5.41, 5.74) is 0.914. The molecule has 0 radical (unpaired) electrons. The molecule has 1 saturated heterocycles. The number of piperazine rings is 1. The first-order valence-corrected chi connectivity index (χ1v) is 8.65. The number of benzene rings is 1. The van der Waals surface area contributed by atoms with E-state index in [1.807, 2.05) is 38.1 Å². The molecule has 1 aromatic rings. The molecule has 1 heterocycles. The van der Waals surface area contributed by atoms with Crippen LogP contribution in [-0.4, -0.2) is 60.7 Å². The van der Waals surface area contributed by atoms with Crippen LogP contribution in [0.3, 0.4) is 0 Å². The maximum Gasteiger partial charge on any atom is 0.409 e. The molecule has 6 heteroatoms. The van der Waals surface area contributed by atoms with Crippen LogP contribution in [0.4, 0.5) is 4.79 Å². The van der Waals surface area contributed by atoms with E-state index >= 15 is 0 Å². The summed E-state index contributed by atoms with van der Waals surface area (Å²) in [6.07, 6.45) is 3.14. The van der Waals surface area contributed by atoms with E-state index < -0.39 is 0 Å². The molecule has 0 bridgehead atoms. The number of hydrogen-bond acceptors (Lipinski definition) is 4. The third-order valence-electron chi connectivity index (χ3n) is 3.77. The van der Waals surface area contributed by atoms with E-state index in [-0.39, 0.29) is 18.1 Å². The minimum atomic E-state index is -0.313. The van der Waals surface area contributed by atoms with E-state index in [0.29, 0.717) is 32.8 Å². The highest BCUT2D eigenvalue weighted by atomic mass is 16.6. The van der Waals surface area contributed by atoms with E-state index in [1.54, 1.807) is 28.9 Å². The lowest BCUT2D eigenvalue weighted by Gasteiger charge is -2.33. The Hall–Kier alpha value is -2.50. The second-order valence-corrected chi connectivity index (χ2v) is 6.08. The van der Waals surface area contributed by atoms with Gasteiger partial charge in [0.05, 0.1) is 12.7 Å². The lowest BCUT2D eigenvalue weighted by atomic mass is 10.2. The zero-order chi connectivity index (χ0) is 18.2. The van der Waals surface area contributed by atoms with Crippen molar-refractivity contribution in [3.8, 4) is 5.75 Å². The van der Waals surface area contributed by atoms with Gasteiger partial charge in [0.15, 0.2) is 0 Å². The molecule has 6 nitrogen and oxygen atoms in total. The standard InChI is InChI=1S/C19H26N2O4/c1-4-24-19(23)21-12-10-20(11-13-21)18(22)9-8-16-6-5-7-17(14-16)25-15(2)3/h5-9,14-15H,4,10-13H2,1-3H3/b9-8+. The van der Waals surface area contributed by atoms with E-state index in [1.165, 1.54) is 0 Å². The van der Waals surface area contributed by atoms with Crippen LogP contribution in [0.15, 0.2) is 30.3 Å². The maximum absolute atomic E-state index is 12.3. The summed E-state index contributed by atoms with van der Waals surface area (Å²) in [5, 5.41) is 0. The number of ether oxygens (including phenoxy) is 2. The van der Waals surface area contributed by atoms with Gasteiger partial charge in [-0.1, -0.05) is 12.1 Å². The molecule has 1 aliphatic rings. The van der Waals surface area contributed by atoms with Gasteiger partial charge in [-0.2, -0.15) is 0 Å². The van der Waals surface area contributed by atoms with Gasteiger partial charge in [0.1, 0.15) is 5.75 Å². The van der Waals surface area contributed by atoms with Gasteiger partial charge >= 0.3 is 6.09 Å². The third kappa shape index (κ3) is 5.81. The summed E-state index contributed by atoms with van der Waals surface area (Å²) in [7, 11) is 0. The largest absolute Gasteiger partial charge is 0.491 e. The minimum Gasteiger partial charge on any atom is -0.491 e. The van der Waals surface area contributed by atoms with Crippen molar-refractivity contribution in [3.05, 3.63) is 35.9 Å². The number of rotatable bonds is 5. The highest BCUT2D eigenvalue weighted by Crippen LogP contribution is 2.16. The van der Waals surface area contributed by atoms with Gasteiger partial charge in [-0.25, -0.2) is 4.79 Å². The Kier molecular flexibility index (Phi) is 6.86. The first-order chi connectivity index (χ1) is 12.0. The fraction of sp³-hybridized carbons (Fsp3) is 0.474. The Morgan fingerprint density at radius 2 is 1.84 bits per heavy atom. The van der Waals surface area contributed by atoms with Gasteiger partial charge in [0.2, 0.25) is 5.91 Å². The van der Waals surface area contributed by atoms with Gasteiger partial charge in [-0.05, 0) is 44.5 Å². The van der Waals surface area contributed by atoms with Crippen LogP contribution in [0, 0.1) is 0 Å². The summed E-state index contributed by atoms with van der Waals surface area (Å²) in [6.45, 7) is 8.11. The zero-order valence-electron chi connectivity index (χ0n) is 15.1. The molecule has 0 atom stereocenters. The number of nitrogens with zero attached hydrogens (tertiary/aromatic N) is 2. The van der Waals surface area contributed by atoms with Gasteiger partial charge < -0.3 is 19.3 Å². The van der Waals surface area contributed by atoms with Crippen LogP contribution >= 0.6 is 0 Å². The molecule has 136 valence electrons. The van der Waals surface area contributed by atoms with E-state index in [4.69, 9.17) is 9.47 Å². The molecule has 0 aliphatic carbocycles. The normalized spacial score (nSPS) is 14.9. The highest BCUT2D eigenvalue weighted by Gasteiger charge is 2.23. The van der Waals surface area contributed by atoms with Crippen molar-refractivity contribution < 1.29 is 19.1 Å². The third-order valence-corrected chi connectivity index (χ3v) is 3.77. The molecule has 2 rings (SSSR count). The van der Waals surface area contributed by atoms with E-state index in [9.17, 15) is 9.59 Å². The van der Waals surface area contributed by atoms with Crippen LogP contribution in [0.2, 0.25) is 0 Å². The van der Waals surface area contributed by atoms with Crippen LogP contribution in [-0.2, 0) is 9.53 Å². The number of hydrogen-bond donors (Lipinski definition) is 0. The van der Waals surface area contributed by atoms with Crippen molar-refractivity contribution >= 4 is 18.1 Å². The fourth-order valence-corrected chi connectivity index (χ4v) is 2.56. The number of amides is 2. The summed E-state index contributed by atoms with van der Waals surface area (Å²) < 4.78 is 10.6. The molecular weight excluding hydrogens is 320 g/mol. The molecule has 1 aliphatic heterocycles. The molecule has 0 N–H and O–H groups in total. The molecule has 0 spiro atoms. The Bertz CT molecular complexity index is 620. The lowest BCUT2D eigenvalue weighted by molar-refractivity contribution is -0.127. The Balaban J connectivity index is 1.88. The second-order valence-electron chi connectivity index (χ2n) is 6.08. The molecule has 2 amide bonds. The molecule has 25 heavy (non-hydrogen) atoms. The topological polar surface area (TPSA) is 59.1 Å². The average Bonchev–Trinajstić information content (AvgIpc) is 2.60. The highest BCUT2D eigenvalue weighted by molar-refractivity contribution is 5.92. The van der Waals surface area contributed by atoms with Gasteiger partial charge in [-0.3, -0.25) is 4.79 Å².